The van der Waals surface area contributed by atoms with Crippen molar-refractivity contribution in [3.05, 3.63) is 75.9 Å². The number of carbonyl (C=O) groups excluding carboxylic acids is 1. The first kappa shape index (κ1) is 18.2. The molecule has 8 nitrogen and oxygen atoms in total. The molecule has 4 aromatic heterocycles. The van der Waals surface area contributed by atoms with E-state index in [1.165, 1.54) is 22.2 Å². The summed E-state index contributed by atoms with van der Waals surface area (Å²) in [4.78, 5) is 37.9. The summed E-state index contributed by atoms with van der Waals surface area (Å²) in [6.07, 6.45) is 4.79. The number of amides is 1. The molecule has 1 N–H and O–H groups in total. The highest BCUT2D eigenvalue weighted by atomic mass is 32.1. The zero-order valence-corrected chi connectivity index (χ0v) is 16.4. The second-order valence-electron chi connectivity index (χ2n) is 6.59. The minimum absolute atomic E-state index is 0.147. The summed E-state index contributed by atoms with van der Waals surface area (Å²) in [5.74, 6) is -0.310. The van der Waals surface area contributed by atoms with Gasteiger partial charge >= 0.3 is 0 Å². The Morgan fingerprint density at radius 3 is 2.87 bits per heavy atom. The molecular weight excluding hydrogens is 402 g/mol. The zero-order chi connectivity index (χ0) is 20.5. The third-order valence-electron chi connectivity index (χ3n) is 4.63. The lowest BCUT2D eigenvalue weighted by molar-refractivity contribution is -0.121. The van der Waals surface area contributed by atoms with Crippen LogP contribution in [-0.4, -0.2) is 25.4 Å². The maximum Gasteiger partial charge on any atom is 0.297 e. The number of aromatic nitrogens is 4. The Kier molecular flexibility index (Phi) is 4.56. The van der Waals surface area contributed by atoms with Gasteiger partial charge in [0.1, 0.15) is 22.7 Å². The highest BCUT2D eigenvalue weighted by molar-refractivity contribution is 7.09. The molecule has 0 saturated carbocycles. The highest BCUT2D eigenvalue weighted by Gasteiger charge is 2.14. The molecular formula is C21H15N5O3S. The number of fused-ring (bicyclic) bond motifs is 3. The van der Waals surface area contributed by atoms with Crippen molar-refractivity contribution in [1.82, 2.24) is 24.8 Å². The molecule has 148 valence electrons. The van der Waals surface area contributed by atoms with Crippen molar-refractivity contribution < 1.29 is 9.21 Å². The molecule has 0 spiro atoms. The Bertz CT molecular complexity index is 1420. The summed E-state index contributed by atoms with van der Waals surface area (Å²) >= 11 is 1.46. The number of para-hydroxylation sites is 1. The van der Waals surface area contributed by atoms with E-state index >= 15 is 0 Å². The molecule has 0 saturated heterocycles. The van der Waals surface area contributed by atoms with Crippen LogP contribution in [0, 0.1) is 0 Å². The Morgan fingerprint density at radius 1 is 1.17 bits per heavy atom. The fraction of sp³-hybridized carbons (Fsp3) is 0.0952. The van der Waals surface area contributed by atoms with Crippen LogP contribution < -0.4 is 10.9 Å². The van der Waals surface area contributed by atoms with Crippen molar-refractivity contribution in [3.63, 3.8) is 0 Å². The first-order chi connectivity index (χ1) is 14.7. The number of hydrogen-bond acceptors (Lipinski definition) is 7. The SMILES string of the molecule is O=C(Cn1cnc2c(oc3ccccc32)c1=O)NCc1nc(-c2ccncc2)cs1. The van der Waals surface area contributed by atoms with E-state index in [0.29, 0.717) is 11.1 Å². The van der Waals surface area contributed by atoms with Crippen molar-refractivity contribution in [3.8, 4) is 11.3 Å². The summed E-state index contributed by atoms with van der Waals surface area (Å²) in [6, 6.07) is 11.1. The molecule has 9 heteroatoms. The zero-order valence-electron chi connectivity index (χ0n) is 15.6. The molecule has 30 heavy (non-hydrogen) atoms. The predicted molar refractivity (Wildman–Crippen MR) is 113 cm³/mol. The van der Waals surface area contributed by atoms with Gasteiger partial charge in [0.2, 0.25) is 11.5 Å². The van der Waals surface area contributed by atoms with Gasteiger partial charge in [0.15, 0.2) is 0 Å². The number of pyridine rings is 1. The summed E-state index contributed by atoms with van der Waals surface area (Å²) in [5.41, 5.74) is 2.65. The van der Waals surface area contributed by atoms with Gasteiger partial charge in [-0.15, -0.1) is 11.3 Å². The van der Waals surface area contributed by atoms with Crippen LogP contribution in [-0.2, 0) is 17.9 Å². The van der Waals surface area contributed by atoms with Crippen molar-refractivity contribution >= 4 is 39.3 Å². The number of thiazole rings is 1. The van der Waals surface area contributed by atoms with E-state index in [4.69, 9.17) is 4.42 Å². The largest absolute Gasteiger partial charge is 0.448 e. The van der Waals surface area contributed by atoms with Crippen molar-refractivity contribution in [2.24, 2.45) is 0 Å². The van der Waals surface area contributed by atoms with Crippen LogP contribution in [0.15, 0.2) is 69.7 Å². The minimum atomic E-state index is -0.388. The molecule has 1 amide bonds. The predicted octanol–water partition coefficient (Wildman–Crippen LogP) is 2.98. The van der Waals surface area contributed by atoms with Gasteiger partial charge in [0, 0.05) is 28.7 Å². The van der Waals surface area contributed by atoms with Crippen LogP contribution in [0.25, 0.3) is 33.3 Å². The smallest absolute Gasteiger partial charge is 0.297 e. The molecule has 0 fully saturated rings. The molecule has 0 aliphatic carbocycles. The number of nitrogens with zero attached hydrogens (tertiary/aromatic N) is 4. The number of nitrogens with one attached hydrogen (secondary N) is 1. The molecule has 4 heterocycles. The van der Waals surface area contributed by atoms with E-state index in [2.05, 4.69) is 20.3 Å². The summed E-state index contributed by atoms with van der Waals surface area (Å²) in [6.45, 7) is 0.130. The number of hydrogen-bond donors (Lipinski definition) is 1. The van der Waals surface area contributed by atoms with Crippen LogP contribution >= 0.6 is 11.3 Å². The molecule has 0 radical (unpaired) electrons. The van der Waals surface area contributed by atoms with Crippen molar-refractivity contribution in [2.45, 2.75) is 13.1 Å². The number of carbonyl (C=O) groups is 1. The van der Waals surface area contributed by atoms with E-state index in [1.807, 2.05) is 35.7 Å². The number of rotatable bonds is 5. The van der Waals surface area contributed by atoms with Gasteiger partial charge in [-0.05, 0) is 24.3 Å². The monoisotopic (exact) mass is 417 g/mol. The Balaban J connectivity index is 1.29. The molecule has 1 aromatic carbocycles. The van der Waals surface area contributed by atoms with Gasteiger partial charge in [-0.1, -0.05) is 12.1 Å². The normalized spacial score (nSPS) is 11.2. The Labute approximate surface area is 173 Å². The van der Waals surface area contributed by atoms with Gasteiger partial charge < -0.3 is 9.73 Å². The molecule has 0 aliphatic heterocycles. The molecule has 0 unspecified atom stereocenters. The fourth-order valence-corrected chi connectivity index (χ4v) is 3.90. The summed E-state index contributed by atoms with van der Waals surface area (Å²) < 4.78 is 6.88. The van der Waals surface area contributed by atoms with E-state index in [9.17, 15) is 9.59 Å². The van der Waals surface area contributed by atoms with E-state index in [0.717, 1.165) is 21.7 Å². The third-order valence-corrected chi connectivity index (χ3v) is 5.48. The average Bonchev–Trinajstić information content (AvgIpc) is 3.40. The van der Waals surface area contributed by atoms with Gasteiger partial charge in [-0.25, -0.2) is 9.97 Å². The summed E-state index contributed by atoms with van der Waals surface area (Å²) in [5, 5.41) is 6.27. The summed E-state index contributed by atoms with van der Waals surface area (Å²) in [7, 11) is 0. The minimum Gasteiger partial charge on any atom is -0.448 e. The van der Waals surface area contributed by atoms with Gasteiger partial charge in [0.25, 0.3) is 5.56 Å². The van der Waals surface area contributed by atoms with Crippen LogP contribution in [0.5, 0.6) is 0 Å². The van der Waals surface area contributed by atoms with Gasteiger partial charge in [-0.3, -0.25) is 19.1 Å². The average molecular weight is 417 g/mol. The van der Waals surface area contributed by atoms with Crippen LogP contribution in [0.4, 0.5) is 0 Å². The molecule has 5 rings (SSSR count). The van der Waals surface area contributed by atoms with Crippen LogP contribution in [0.3, 0.4) is 0 Å². The van der Waals surface area contributed by atoms with Crippen molar-refractivity contribution in [1.29, 1.82) is 0 Å². The first-order valence-corrected chi connectivity index (χ1v) is 10.1. The quantitative estimate of drug-likeness (QED) is 0.472. The Hall–Kier alpha value is -3.85. The van der Waals surface area contributed by atoms with Crippen LogP contribution in [0.1, 0.15) is 5.01 Å². The highest BCUT2D eigenvalue weighted by Crippen LogP contribution is 2.24. The van der Waals surface area contributed by atoms with Gasteiger partial charge in [0.05, 0.1) is 18.6 Å². The third kappa shape index (κ3) is 3.35. The molecule has 5 aromatic rings. The maximum absolute atomic E-state index is 12.7. The number of benzene rings is 1. The number of furan rings is 1. The standard InChI is InChI=1S/C21H15N5O3S/c27-17(23-9-18-25-15(11-30-18)13-5-7-22-8-6-13)10-26-12-24-19-14-3-1-2-4-16(14)29-20(19)21(26)28/h1-8,11-12H,9-10H2,(H,23,27). The second kappa shape index (κ2) is 7.53. The maximum atomic E-state index is 12.7. The molecule has 0 atom stereocenters. The Morgan fingerprint density at radius 2 is 2.00 bits per heavy atom. The van der Waals surface area contributed by atoms with E-state index < -0.39 is 0 Å². The van der Waals surface area contributed by atoms with Gasteiger partial charge in [-0.2, -0.15) is 0 Å². The lowest BCUT2D eigenvalue weighted by Crippen LogP contribution is -2.32. The van der Waals surface area contributed by atoms with E-state index in [-0.39, 0.29) is 30.1 Å². The topological polar surface area (TPSA) is 103 Å². The lowest BCUT2D eigenvalue weighted by atomic mass is 10.2. The van der Waals surface area contributed by atoms with Crippen LogP contribution in [0.2, 0.25) is 0 Å². The fourth-order valence-electron chi connectivity index (χ4n) is 3.16. The molecule has 0 aliphatic rings. The second-order valence-corrected chi connectivity index (χ2v) is 7.54. The van der Waals surface area contributed by atoms with E-state index in [1.54, 1.807) is 18.5 Å². The lowest BCUT2D eigenvalue weighted by Gasteiger charge is -2.05. The first-order valence-electron chi connectivity index (χ1n) is 9.17. The van der Waals surface area contributed by atoms with Crippen molar-refractivity contribution in [2.75, 3.05) is 0 Å². The molecule has 0 bridgehead atoms.